The molecule has 0 amide bonds. The van der Waals surface area contributed by atoms with Gasteiger partial charge in [0.1, 0.15) is 0 Å². The Morgan fingerprint density at radius 1 is 0.258 bits per heavy atom. The van der Waals surface area contributed by atoms with Crippen LogP contribution in [0, 0.1) is 5.41 Å². The van der Waals surface area contributed by atoms with Crippen molar-refractivity contribution in [2.75, 3.05) is 0 Å². The third kappa shape index (κ3) is 45.6. The summed E-state index contributed by atoms with van der Waals surface area (Å²) in [6.07, 6.45) is 73.9. The highest BCUT2D eigenvalue weighted by Gasteiger charge is 2.36. The molecule has 394 valence electrons. The summed E-state index contributed by atoms with van der Waals surface area (Å²) >= 11 is 0. The highest BCUT2D eigenvalue weighted by Crippen LogP contribution is 2.38. The lowest BCUT2D eigenvalue weighted by Crippen LogP contribution is -2.31. The standard InChI is InChI=1S/C64H126O2/c1-6-9-12-15-18-20-22-24-26-28-30-32-34-36-38-40-42-44-48-53-58-64(63(65)66,60-55-50-47-52-57-62(5)61(4)56-51-46-17-14-11-8-3)59-54-49-45-43-41-39-37-35-33-31-29-27-25-23-21-19-16-13-10-7-2/h6-60H2,1-5H3,(H,65,66)/b62-61-. The summed E-state index contributed by atoms with van der Waals surface area (Å²) in [5.41, 5.74) is 2.74. The van der Waals surface area contributed by atoms with E-state index in [1.807, 2.05) is 0 Å². The number of rotatable bonds is 57. The lowest BCUT2D eigenvalue weighted by Gasteiger charge is -2.30. The Labute approximate surface area is 418 Å². The van der Waals surface area contributed by atoms with E-state index in [4.69, 9.17) is 0 Å². The van der Waals surface area contributed by atoms with Gasteiger partial charge in [-0.25, -0.2) is 0 Å². The van der Waals surface area contributed by atoms with E-state index in [2.05, 4.69) is 34.6 Å². The molecule has 0 aliphatic carbocycles. The number of allylic oxidation sites excluding steroid dienone is 2. The zero-order chi connectivity index (χ0) is 48.1. The number of unbranched alkanes of at least 4 members (excludes halogenated alkanes) is 46. The largest absolute Gasteiger partial charge is 0.481 e. The first-order valence-corrected chi connectivity index (χ1v) is 31.3. The van der Waals surface area contributed by atoms with Crippen LogP contribution in [0.4, 0.5) is 0 Å². The fourth-order valence-corrected chi connectivity index (χ4v) is 10.9. The van der Waals surface area contributed by atoms with Crippen molar-refractivity contribution in [1.29, 1.82) is 0 Å². The summed E-state index contributed by atoms with van der Waals surface area (Å²) in [6.45, 7) is 11.6. The Balaban J connectivity index is 4.44. The van der Waals surface area contributed by atoms with Crippen LogP contribution in [0.25, 0.3) is 0 Å². The highest BCUT2D eigenvalue weighted by atomic mass is 16.4. The maximum Gasteiger partial charge on any atom is 0.309 e. The minimum atomic E-state index is -0.494. The smallest absolute Gasteiger partial charge is 0.309 e. The molecule has 2 heteroatoms. The summed E-state index contributed by atoms with van der Waals surface area (Å²) in [6, 6.07) is 0. The van der Waals surface area contributed by atoms with Crippen molar-refractivity contribution < 1.29 is 9.90 Å². The summed E-state index contributed by atoms with van der Waals surface area (Å²) in [7, 11) is 0. The molecular formula is C64H126O2. The highest BCUT2D eigenvalue weighted by molar-refractivity contribution is 5.74. The van der Waals surface area contributed by atoms with Crippen LogP contribution in [0.3, 0.4) is 0 Å². The maximum absolute atomic E-state index is 13.1. The Kier molecular flexibility index (Phi) is 52.9. The van der Waals surface area contributed by atoms with Crippen molar-refractivity contribution in [3.63, 3.8) is 0 Å². The average Bonchev–Trinajstić information content (AvgIpc) is 3.31. The molecule has 0 radical (unpaired) electrons. The molecule has 0 aromatic rings. The quantitative estimate of drug-likeness (QED) is 0.0487. The second kappa shape index (κ2) is 53.6. The molecule has 0 saturated carbocycles. The van der Waals surface area contributed by atoms with E-state index >= 15 is 0 Å². The number of hydrogen-bond acceptors (Lipinski definition) is 1. The molecule has 66 heavy (non-hydrogen) atoms. The van der Waals surface area contributed by atoms with Gasteiger partial charge in [0.15, 0.2) is 0 Å². The van der Waals surface area contributed by atoms with Crippen molar-refractivity contribution in [1.82, 2.24) is 0 Å². The Hall–Kier alpha value is -0.790. The molecule has 0 saturated heterocycles. The maximum atomic E-state index is 13.1. The third-order valence-electron chi connectivity index (χ3n) is 16.1. The zero-order valence-corrected chi connectivity index (χ0v) is 46.7. The first-order chi connectivity index (χ1) is 32.4. The molecule has 1 N–H and O–H groups in total. The summed E-state index contributed by atoms with van der Waals surface area (Å²) in [5.74, 6) is -0.484. The van der Waals surface area contributed by atoms with E-state index in [0.29, 0.717) is 0 Å². The van der Waals surface area contributed by atoms with Crippen LogP contribution in [0.1, 0.15) is 388 Å². The number of hydrogen-bond donors (Lipinski definition) is 1. The molecule has 0 bridgehead atoms. The van der Waals surface area contributed by atoms with Crippen molar-refractivity contribution in [3.05, 3.63) is 11.1 Å². The van der Waals surface area contributed by atoms with E-state index in [-0.39, 0.29) is 0 Å². The first kappa shape index (κ1) is 65.2. The SMILES string of the molecule is CCCCCCCCCCCCCCCCCCCCCCC(CCCCCCCCCCCCCCCCCCCCCC)(CCCCCC/C(C)=C(/C)CCCCCCCC)C(=O)O. The molecule has 0 aliphatic heterocycles. The summed E-state index contributed by atoms with van der Waals surface area (Å²) in [5, 5.41) is 10.8. The topological polar surface area (TPSA) is 37.3 Å². The summed E-state index contributed by atoms with van der Waals surface area (Å²) in [4.78, 5) is 13.1. The van der Waals surface area contributed by atoms with Crippen molar-refractivity contribution >= 4 is 5.97 Å². The second-order valence-electron chi connectivity index (χ2n) is 22.5. The van der Waals surface area contributed by atoms with Gasteiger partial charge >= 0.3 is 5.97 Å². The van der Waals surface area contributed by atoms with Crippen molar-refractivity contribution in [3.8, 4) is 0 Å². The minimum Gasteiger partial charge on any atom is -0.481 e. The monoisotopic (exact) mass is 927 g/mol. The van der Waals surface area contributed by atoms with Crippen LogP contribution < -0.4 is 0 Å². The Bertz CT molecular complexity index is 935. The number of carbonyl (C=O) groups is 1. The normalized spacial score (nSPS) is 12.4. The molecule has 0 aromatic heterocycles. The van der Waals surface area contributed by atoms with Gasteiger partial charge in [0.25, 0.3) is 0 Å². The predicted octanol–water partition coefficient (Wildman–Crippen LogP) is 23.9. The molecule has 0 fully saturated rings. The van der Waals surface area contributed by atoms with Gasteiger partial charge in [-0.15, -0.1) is 0 Å². The molecule has 2 nitrogen and oxygen atoms in total. The fourth-order valence-electron chi connectivity index (χ4n) is 10.9. The van der Waals surface area contributed by atoms with E-state index in [1.54, 1.807) is 11.1 Å². The van der Waals surface area contributed by atoms with Crippen LogP contribution in [0.15, 0.2) is 11.1 Å². The fraction of sp³-hybridized carbons (Fsp3) is 0.953. The van der Waals surface area contributed by atoms with Gasteiger partial charge in [0.05, 0.1) is 5.41 Å². The second-order valence-corrected chi connectivity index (χ2v) is 22.5. The summed E-state index contributed by atoms with van der Waals surface area (Å²) < 4.78 is 0. The molecule has 0 spiro atoms. The average molecular weight is 928 g/mol. The van der Waals surface area contributed by atoms with E-state index in [1.165, 1.54) is 315 Å². The van der Waals surface area contributed by atoms with Crippen molar-refractivity contribution in [2.24, 2.45) is 5.41 Å². The zero-order valence-electron chi connectivity index (χ0n) is 46.7. The molecule has 0 unspecified atom stereocenters. The van der Waals surface area contributed by atoms with Crippen LogP contribution in [-0.2, 0) is 4.79 Å². The Morgan fingerprint density at radius 2 is 0.409 bits per heavy atom. The van der Waals surface area contributed by atoms with Gasteiger partial charge in [0, 0.05) is 0 Å². The van der Waals surface area contributed by atoms with Crippen molar-refractivity contribution in [2.45, 2.75) is 388 Å². The van der Waals surface area contributed by atoms with Crippen LogP contribution in [0.5, 0.6) is 0 Å². The van der Waals surface area contributed by atoms with Gasteiger partial charge in [-0.3, -0.25) is 4.79 Å². The predicted molar refractivity (Wildman–Crippen MR) is 299 cm³/mol. The molecule has 0 rings (SSSR count). The molecule has 0 aromatic carbocycles. The molecular weight excluding hydrogens is 801 g/mol. The third-order valence-corrected chi connectivity index (χ3v) is 16.1. The van der Waals surface area contributed by atoms with E-state index < -0.39 is 11.4 Å². The molecule has 0 atom stereocenters. The van der Waals surface area contributed by atoms with Gasteiger partial charge in [0.2, 0.25) is 0 Å². The minimum absolute atomic E-state index is 0.484. The van der Waals surface area contributed by atoms with E-state index in [9.17, 15) is 9.90 Å². The van der Waals surface area contributed by atoms with Gasteiger partial charge in [-0.05, 0) is 58.8 Å². The number of carboxylic acids is 1. The van der Waals surface area contributed by atoms with Crippen LogP contribution in [0.2, 0.25) is 0 Å². The van der Waals surface area contributed by atoms with Gasteiger partial charge in [-0.2, -0.15) is 0 Å². The lowest BCUT2D eigenvalue weighted by atomic mass is 9.74. The van der Waals surface area contributed by atoms with Gasteiger partial charge < -0.3 is 5.11 Å². The Morgan fingerprint density at radius 3 is 0.576 bits per heavy atom. The van der Waals surface area contributed by atoms with E-state index in [0.717, 1.165) is 38.5 Å². The molecule has 0 heterocycles. The number of aliphatic carboxylic acids is 1. The van der Waals surface area contributed by atoms with Crippen LogP contribution in [-0.4, -0.2) is 11.1 Å². The molecule has 0 aliphatic rings. The lowest BCUT2D eigenvalue weighted by molar-refractivity contribution is -0.150. The van der Waals surface area contributed by atoms with Gasteiger partial charge in [-0.1, -0.05) is 340 Å². The van der Waals surface area contributed by atoms with Crippen LogP contribution >= 0.6 is 0 Å². The first-order valence-electron chi connectivity index (χ1n) is 31.3. The number of carboxylic acid groups (broad SMARTS) is 1.